The van der Waals surface area contributed by atoms with Gasteiger partial charge < -0.3 is 19.1 Å². The first kappa shape index (κ1) is 18.2. The van der Waals surface area contributed by atoms with Crippen molar-refractivity contribution in [2.45, 2.75) is 6.92 Å². The molecule has 0 aliphatic carbocycles. The van der Waals surface area contributed by atoms with Gasteiger partial charge in [0.2, 0.25) is 0 Å². The fourth-order valence-corrected chi connectivity index (χ4v) is 1.60. The highest BCUT2D eigenvalue weighted by molar-refractivity contribution is 5.96. The summed E-state index contributed by atoms with van der Waals surface area (Å²) in [5.41, 5.74) is 0.449. The van der Waals surface area contributed by atoms with E-state index in [0.29, 0.717) is 5.56 Å². The molecule has 7 heteroatoms. The van der Waals surface area contributed by atoms with Crippen molar-refractivity contribution in [2.75, 3.05) is 27.8 Å². The maximum absolute atomic E-state index is 11.8. The number of carbonyl (C=O) groups excluding carboxylic acids is 3. The molecule has 0 radical (unpaired) electrons. The van der Waals surface area contributed by atoms with Crippen molar-refractivity contribution in [1.29, 1.82) is 0 Å². The maximum atomic E-state index is 11.8. The fraction of sp³-hybridized carbons (Fsp3) is 0.312. The quantitative estimate of drug-likeness (QED) is 0.610. The van der Waals surface area contributed by atoms with E-state index in [9.17, 15) is 14.4 Å². The Labute approximate surface area is 134 Å². The van der Waals surface area contributed by atoms with Crippen LogP contribution in [-0.2, 0) is 14.3 Å². The molecule has 0 heterocycles. The third-order valence-electron chi connectivity index (χ3n) is 2.69. The summed E-state index contributed by atoms with van der Waals surface area (Å²) in [5.74, 6) is -1.18. The van der Waals surface area contributed by atoms with Crippen LogP contribution in [0.25, 0.3) is 6.08 Å². The van der Waals surface area contributed by atoms with Crippen LogP contribution in [0.15, 0.2) is 24.3 Å². The Morgan fingerprint density at radius 3 is 2.48 bits per heavy atom. The Bertz CT molecular complexity index is 621. The zero-order valence-electron chi connectivity index (χ0n) is 13.5. The Balaban J connectivity index is 3.25. The summed E-state index contributed by atoms with van der Waals surface area (Å²) in [5, 5.41) is 0. The number of esters is 2. The summed E-state index contributed by atoms with van der Waals surface area (Å²) in [7, 11) is 4.25. The first-order valence-electron chi connectivity index (χ1n) is 6.86. The highest BCUT2D eigenvalue weighted by Gasteiger charge is 2.19. The van der Waals surface area contributed by atoms with Crippen LogP contribution >= 0.6 is 0 Å². The number of ether oxygens (including phenoxy) is 3. The number of rotatable bonds is 5. The molecule has 0 aliphatic heterocycles. The number of nitrogens with zero attached hydrogens (tertiary/aromatic N) is 1. The van der Waals surface area contributed by atoms with E-state index in [-0.39, 0.29) is 17.9 Å². The van der Waals surface area contributed by atoms with Gasteiger partial charge in [0.05, 0.1) is 13.7 Å². The van der Waals surface area contributed by atoms with E-state index in [2.05, 4.69) is 4.74 Å². The smallest absolute Gasteiger partial charge is 0.414 e. The van der Waals surface area contributed by atoms with Gasteiger partial charge in [-0.15, -0.1) is 0 Å². The summed E-state index contributed by atoms with van der Waals surface area (Å²) >= 11 is 0. The molecule has 1 amide bonds. The van der Waals surface area contributed by atoms with E-state index in [0.717, 1.165) is 0 Å². The normalized spacial score (nSPS) is 10.3. The number of para-hydroxylation sites is 1. The molecule has 124 valence electrons. The van der Waals surface area contributed by atoms with E-state index < -0.39 is 18.0 Å². The van der Waals surface area contributed by atoms with Crippen molar-refractivity contribution < 1.29 is 28.6 Å². The Kier molecular flexibility index (Phi) is 6.79. The summed E-state index contributed by atoms with van der Waals surface area (Å²) in [6.45, 7) is 1.93. The third-order valence-corrected chi connectivity index (χ3v) is 2.69. The maximum Gasteiger partial charge on any atom is 0.414 e. The molecule has 1 aromatic rings. The lowest BCUT2D eigenvalue weighted by atomic mass is 10.1. The fourth-order valence-electron chi connectivity index (χ4n) is 1.60. The Morgan fingerprint density at radius 1 is 1.22 bits per heavy atom. The van der Waals surface area contributed by atoms with Crippen LogP contribution in [0, 0.1) is 0 Å². The van der Waals surface area contributed by atoms with Gasteiger partial charge in [0.15, 0.2) is 5.75 Å². The first-order chi connectivity index (χ1) is 10.9. The van der Waals surface area contributed by atoms with Crippen molar-refractivity contribution in [1.82, 2.24) is 4.90 Å². The molecule has 1 aromatic carbocycles. The van der Waals surface area contributed by atoms with Gasteiger partial charge in [-0.3, -0.25) is 0 Å². The Morgan fingerprint density at radius 2 is 1.91 bits per heavy atom. The van der Waals surface area contributed by atoms with Crippen LogP contribution in [0.2, 0.25) is 0 Å². The SMILES string of the molecule is CCOC(=O)/C=C/c1cccc(C(=O)OC)c1OC(=O)N(C)C. The average Bonchev–Trinajstić information content (AvgIpc) is 2.53. The van der Waals surface area contributed by atoms with Crippen LogP contribution in [0.3, 0.4) is 0 Å². The second-order valence-electron chi connectivity index (χ2n) is 4.56. The first-order valence-corrected chi connectivity index (χ1v) is 6.86. The molecule has 23 heavy (non-hydrogen) atoms. The lowest BCUT2D eigenvalue weighted by molar-refractivity contribution is -0.137. The van der Waals surface area contributed by atoms with Gasteiger partial charge in [-0.2, -0.15) is 0 Å². The summed E-state index contributed by atoms with van der Waals surface area (Å²) in [4.78, 5) is 36.3. The largest absolute Gasteiger partial charge is 0.465 e. The van der Waals surface area contributed by atoms with Gasteiger partial charge >= 0.3 is 18.0 Å². The molecular formula is C16H19NO6. The topological polar surface area (TPSA) is 82.1 Å². The molecular weight excluding hydrogens is 302 g/mol. The van der Waals surface area contributed by atoms with E-state index in [1.54, 1.807) is 19.1 Å². The van der Waals surface area contributed by atoms with Crippen molar-refractivity contribution in [3.05, 3.63) is 35.4 Å². The van der Waals surface area contributed by atoms with Gasteiger partial charge in [0.1, 0.15) is 5.56 Å². The van der Waals surface area contributed by atoms with Gasteiger partial charge in [-0.1, -0.05) is 12.1 Å². The van der Waals surface area contributed by atoms with E-state index in [1.807, 2.05) is 0 Å². The highest BCUT2D eigenvalue weighted by Crippen LogP contribution is 2.27. The average molecular weight is 321 g/mol. The molecule has 0 atom stereocenters. The molecule has 0 saturated heterocycles. The number of hydrogen-bond acceptors (Lipinski definition) is 6. The number of benzene rings is 1. The minimum atomic E-state index is -0.660. The Hall–Kier alpha value is -2.83. The second kappa shape index (κ2) is 8.57. The minimum absolute atomic E-state index is 0.0126. The predicted molar refractivity (Wildman–Crippen MR) is 83.2 cm³/mol. The molecule has 7 nitrogen and oxygen atoms in total. The van der Waals surface area contributed by atoms with Crippen molar-refractivity contribution in [2.24, 2.45) is 0 Å². The number of hydrogen-bond donors (Lipinski definition) is 0. The summed E-state index contributed by atoms with van der Waals surface area (Å²) < 4.78 is 14.7. The van der Waals surface area contributed by atoms with Gasteiger partial charge in [-0.05, 0) is 19.1 Å². The van der Waals surface area contributed by atoms with Crippen molar-refractivity contribution in [3.8, 4) is 5.75 Å². The lowest BCUT2D eigenvalue weighted by Crippen LogP contribution is -2.26. The predicted octanol–water partition coefficient (Wildman–Crippen LogP) is 2.11. The molecule has 0 N–H and O–H groups in total. The van der Waals surface area contributed by atoms with Crippen LogP contribution < -0.4 is 4.74 Å². The second-order valence-corrected chi connectivity index (χ2v) is 4.56. The molecule has 0 fully saturated rings. The number of methoxy groups -OCH3 is 1. The minimum Gasteiger partial charge on any atom is -0.465 e. The molecule has 0 saturated carbocycles. The molecule has 0 spiro atoms. The zero-order valence-corrected chi connectivity index (χ0v) is 13.5. The molecule has 0 bridgehead atoms. The number of amides is 1. The van der Waals surface area contributed by atoms with E-state index in [4.69, 9.17) is 9.47 Å². The molecule has 1 rings (SSSR count). The zero-order chi connectivity index (χ0) is 17.4. The van der Waals surface area contributed by atoms with Gasteiger partial charge in [-0.25, -0.2) is 14.4 Å². The third kappa shape index (κ3) is 5.14. The van der Waals surface area contributed by atoms with Crippen LogP contribution in [0.1, 0.15) is 22.8 Å². The molecule has 0 unspecified atom stereocenters. The lowest BCUT2D eigenvalue weighted by Gasteiger charge is -2.15. The highest BCUT2D eigenvalue weighted by atomic mass is 16.6. The van der Waals surface area contributed by atoms with Crippen molar-refractivity contribution >= 4 is 24.1 Å². The monoisotopic (exact) mass is 321 g/mol. The summed E-state index contributed by atoms with van der Waals surface area (Å²) in [6.07, 6.45) is 1.93. The molecule has 0 aromatic heterocycles. The molecule has 0 aliphatic rings. The van der Waals surface area contributed by atoms with E-state index in [1.165, 1.54) is 44.3 Å². The van der Waals surface area contributed by atoms with Crippen LogP contribution in [0.4, 0.5) is 4.79 Å². The standard InChI is InChI=1S/C16H19NO6/c1-5-22-13(18)10-9-11-7-6-8-12(15(19)21-4)14(11)23-16(20)17(2)3/h6-10H,5H2,1-4H3/b10-9+. The number of carbonyl (C=O) groups is 3. The van der Waals surface area contributed by atoms with Crippen LogP contribution in [0.5, 0.6) is 5.75 Å². The van der Waals surface area contributed by atoms with Gasteiger partial charge in [0.25, 0.3) is 0 Å². The summed E-state index contributed by atoms with van der Waals surface area (Å²) in [6, 6.07) is 4.65. The van der Waals surface area contributed by atoms with Crippen LogP contribution in [-0.4, -0.2) is 50.7 Å². The van der Waals surface area contributed by atoms with Crippen molar-refractivity contribution in [3.63, 3.8) is 0 Å². The van der Waals surface area contributed by atoms with E-state index >= 15 is 0 Å². The van der Waals surface area contributed by atoms with Gasteiger partial charge in [0, 0.05) is 25.7 Å².